The van der Waals surface area contributed by atoms with Crippen LogP contribution >= 0.6 is 0 Å². The largest absolute Gasteiger partial charge is 0.321 e. The monoisotopic (exact) mass is 344 g/mol. The average molecular weight is 344 g/mol. The minimum absolute atomic E-state index is 0.0348. The number of allylic oxidation sites excluding steroid dienone is 2. The Morgan fingerprint density at radius 3 is 2.96 bits per heavy atom. The summed E-state index contributed by atoms with van der Waals surface area (Å²) in [5.41, 5.74) is 5.15. The molecule has 5 heteroatoms. The molecule has 0 bridgehead atoms. The number of rotatable bonds is 3. The van der Waals surface area contributed by atoms with Crippen LogP contribution in [0.2, 0.25) is 0 Å². The number of carbonyl (C=O) groups excluding carboxylic acids is 1. The fourth-order valence-corrected chi connectivity index (χ4v) is 5.05. The van der Waals surface area contributed by atoms with Crippen molar-refractivity contribution in [3.63, 3.8) is 0 Å². The van der Waals surface area contributed by atoms with E-state index in [1.807, 2.05) is 25.3 Å². The van der Waals surface area contributed by atoms with Gasteiger partial charge in [-0.25, -0.2) is 4.98 Å². The Bertz CT molecular complexity index is 1000. The molecule has 0 saturated heterocycles. The number of nitriles is 1. The van der Waals surface area contributed by atoms with Crippen molar-refractivity contribution in [1.82, 2.24) is 14.5 Å². The number of nitrogens with zero attached hydrogens (tertiary/aromatic N) is 4. The van der Waals surface area contributed by atoms with Crippen LogP contribution in [-0.2, 0) is 6.42 Å². The molecular formula is C21H20N4O. The van der Waals surface area contributed by atoms with E-state index in [-0.39, 0.29) is 11.8 Å². The smallest absolute Gasteiger partial charge is 0.212 e. The standard InChI is InChI=1S/C21H20N4O/c1-12-24-19-14-9-11-23-16-7-6-15(18(14)16)21(26)20(19)25(12)17(8-10-22)13-4-2-3-5-13/h6,9,11,13,17H,2-5,7-8H2,1H3. The Balaban J connectivity index is 1.74. The zero-order valence-electron chi connectivity index (χ0n) is 14.8. The summed E-state index contributed by atoms with van der Waals surface area (Å²) in [6, 6.07) is 4.35. The first kappa shape index (κ1) is 15.5. The predicted molar refractivity (Wildman–Crippen MR) is 97.4 cm³/mol. The Morgan fingerprint density at radius 2 is 2.19 bits per heavy atom. The van der Waals surface area contributed by atoms with Crippen LogP contribution in [0.4, 0.5) is 0 Å². The molecule has 3 aliphatic carbocycles. The van der Waals surface area contributed by atoms with Crippen LogP contribution in [0, 0.1) is 24.2 Å². The molecule has 1 atom stereocenters. The van der Waals surface area contributed by atoms with Gasteiger partial charge in [-0.2, -0.15) is 5.26 Å². The van der Waals surface area contributed by atoms with Crippen molar-refractivity contribution >= 4 is 11.4 Å². The zero-order chi connectivity index (χ0) is 17.8. The maximum absolute atomic E-state index is 13.4. The summed E-state index contributed by atoms with van der Waals surface area (Å²) < 4.78 is 2.08. The van der Waals surface area contributed by atoms with Gasteiger partial charge in [-0.15, -0.1) is 0 Å². The highest BCUT2D eigenvalue weighted by Crippen LogP contribution is 2.46. The Labute approximate surface area is 152 Å². The van der Waals surface area contributed by atoms with E-state index < -0.39 is 0 Å². The first-order chi connectivity index (χ1) is 12.7. The average Bonchev–Trinajstić information content (AvgIpc) is 3.37. The van der Waals surface area contributed by atoms with E-state index in [0.29, 0.717) is 24.5 Å². The molecule has 2 heterocycles. The van der Waals surface area contributed by atoms with E-state index >= 15 is 0 Å². The van der Waals surface area contributed by atoms with Crippen molar-refractivity contribution < 1.29 is 4.79 Å². The van der Waals surface area contributed by atoms with Gasteiger partial charge in [0.15, 0.2) is 0 Å². The molecule has 1 unspecified atom stereocenters. The third kappa shape index (κ3) is 1.99. The first-order valence-electron chi connectivity index (χ1n) is 9.40. The molecule has 2 aromatic heterocycles. The lowest BCUT2D eigenvalue weighted by molar-refractivity contribution is 0.104. The van der Waals surface area contributed by atoms with Crippen molar-refractivity contribution in [2.45, 2.75) is 51.5 Å². The van der Waals surface area contributed by atoms with Crippen LogP contribution in [0.25, 0.3) is 16.8 Å². The molecule has 0 aliphatic heterocycles. The molecule has 130 valence electrons. The van der Waals surface area contributed by atoms with Crippen molar-refractivity contribution in [2.75, 3.05) is 0 Å². The fourth-order valence-electron chi connectivity index (χ4n) is 5.05. The van der Waals surface area contributed by atoms with Gasteiger partial charge in [-0.1, -0.05) is 18.9 Å². The number of ketones is 1. The highest BCUT2D eigenvalue weighted by Gasteiger charge is 2.39. The lowest BCUT2D eigenvalue weighted by Crippen LogP contribution is -2.24. The Morgan fingerprint density at radius 1 is 1.38 bits per heavy atom. The van der Waals surface area contributed by atoms with E-state index in [9.17, 15) is 10.1 Å². The number of aromatic nitrogens is 3. The number of fused-ring (bicyclic) bond motifs is 2. The lowest BCUT2D eigenvalue weighted by Gasteiger charge is -2.27. The summed E-state index contributed by atoms with van der Waals surface area (Å²) in [5, 5.41) is 9.43. The molecule has 1 fully saturated rings. The van der Waals surface area contributed by atoms with Crippen molar-refractivity contribution in [3.8, 4) is 17.3 Å². The summed E-state index contributed by atoms with van der Waals surface area (Å²) in [4.78, 5) is 22.6. The van der Waals surface area contributed by atoms with Gasteiger partial charge in [0.05, 0.1) is 24.2 Å². The topological polar surface area (TPSA) is 71.6 Å². The van der Waals surface area contributed by atoms with Gasteiger partial charge in [0.1, 0.15) is 17.2 Å². The number of imidazole rings is 1. The quantitative estimate of drug-likeness (QED) is 0.842. The van der Waals surface area contributed by atoms with Crippen molar-refractivity contribution in [2.24, 2.45) is 5.92 Å². The number of pyridine rings is 1. The summed E-state index contributed by atoms with van der Waals surface area (Å²) in [5.74, 6) is 1.33. The van der Waals surface area contributed by atoms with Crippen LogP contribution in [0.3, 0.4) is 0 Å². The third-order valence-corrected chi connectivity index (χ3v) is 6.18. The summed E-state index contributed by atoms with van der Waals surface area (Å²) >= 11 is 0. The van der Waals surface area contributed by atoms with Gasteiger partial charge in [0.25, 0.3) is 0 Å². The number of aryl methyl sites for hydroxylation is 1. The first-order valence-corrected chi connectivity index (χ1v) is 9.40. The molecule has 5 rings (SSSR count). The van der Waals surface area contributed by atoms with Crippen molar-refractivity contribution in [1.29, 1.82) is 5.26 Å². The highest BCUT2D eigenvalue weighted by molar-refractivity contribution is 6.34. The maximum atomic E-state index is 13.4. The Hall–Kier alpha value is -2.74. The van der Waals surface area contributed by atoms with Gasteiger partial charge in [0, 0.05) is 29.3 Å². The molecule has 26 heavy (non-hydrogen) atoms. The third-order valence-electron chi connectivity index (χ3n) is 6.18. The van der Waals surface area contributed by atoms with E-state index in [4.69, 9.17) is 4.98 Å². The molecule has 5 nitrogen and oxygen atoms in total. The molecule has 3 aliphatic rings. The molecule has 0 N–H and O–H groups in total. The zero-order valence-corrected chi connectivity index (χ0v) is 14.8. The second kappa shape index (κ2) is 5.63. The van der Waals surface area contributed by atoms with Gasteiger partial charge in [0.2, 0.25) is 5.78 Å². The lowest BCUT2D eigenvalue weighted by atomic mass is 9.88. The van der Waals surface area contributed by atoms with E-state index in [2.05, 4.69) is 15.6 Å². The molecule has 0 spiro atoms. The van der Waals surface area contributed by atoms with E-state index in [0.717, 1.165) is 46.8 Å². The van der Waals surface area contributed by atoms with Gasteiger partial charge >= 0.3 is 0 Å². The second-order valence-corrected chi connectivity index (χ2v) is 7.53. The molecule has 0 amide bonds. The van der Waals surface area contributed by atoms with E-state index in [1.54, 1.807) is 0 Å². The van der Waals surface area contributed by atoms with Gasteiger partial charge in [-0.3, -0.25) is 9.78 Å². The second-order valence-electron chi connectivity index (χ2n) is 7.53. The minimum atomic E-state index is 0.0348. The number of hydrogen-bond acceptors (Lipinski definition) is 4. The summed E-state index contributed by atoms with van der Waals surface area (Å²) in [7, 11) is 0. The van der Waals surface area contributed by atoms with Crippen LogP contribution < -0.4 is 0 Å². The maximum Gasteiger partial charge on any atom is 0.212 e. The molecular weight excluding hydrogens is 324 g/mol. The minimum Gasteiger partial charge on any atom is -0.321 e. The highest BCUT2D eigenvalue weighted by atomic mass is 16.1. The summed E-state index contributed by atoms with van der Waals surface area (Å²) in [6.45, 7) is 1.96. The van der Waals surface area contributed by atoms with Crippen LogP contribution in [-0.4, -0.2) is 20.3 Å². The van der Waals surface area contributed by atoms with E-state index in [1.165, 1.54) is 12.8 Å². The van der Waals surface area contributed by atoms with Crippen LogP contribution in [0.1, 0.15) is 65.7 Å². The van der Waals surface area contributed by atoms with Crippen LogP contribution in [0.5, 0.6) is 0 Å². The normalized spacial score (nSPS) is 19.1. The number of hydrogen-bond donors (Lipinski definition) is 0. The predicted octanol–water partition coefficient (Wildman–Crippen LogP) is 4.03. The molecule has 0 aromatic carbocycles. The van der Waals surface area contributed by atoms with Gasteiger partial charge in [-0.05, 0) is 31.7 Å². The summed E-state index contributed by atoms with van der Waals surface area (Å²) in [6.07, 6.45) is 9.60. The SMILES string of the molecule is Cc1nc2c(n1C(CC#N)C1CCCC1)C(=O)C1=CCc3nccc-2c31. The Kier molecular flexibility index (Phi) is 3.36. The number of carbonyl (C=O) groups is 1. The molecule has 2 aromatic rings. The fraction of sp³-hybridized carbons (Fsp3) is 0.429. The number of Topliss-reactive ketones (excluding diaryl/α,β-unsaturated/α-hetero) is 1. The van der Waals surface area contributed by atoms with Crippen molar-refractivity contribution in [3.05, 3.63) is 41.1 Å². The van der Waals surface area contributed by atoms with Gasteiger partial charge < -0.3 is 4.57 Å². The molecule has 0 radical (unpaired) electrons. The molecule has 1 saturated carbocycles. The van der Waals surface area contributed by atoms with Crippen LogP contribution in [0.15, 0.2) is 18.3 Å².